The zero-order valence-corrected chi connectivity index (χ0v) is 18.1. The number of hydrogen-bond acceptors (Lipinski definition) is 4. The minimum Gasteiger partial charge on any atom is -0.497 e. The second-order valence-electron chi connectivity index (χ2n) is 8.19. The highest BCUT2D eigenvalue weighted by Crippen LogP contribution is 2.29. The third-order valence-corrected chi connectivity index (χ3v) is 6.30. The van der Waals surface area contributed by atoms with E-state index in [1.165, 1.54) is 0 Å². The molecule has 0 bridgehead atoms. The van der Waals surface area contributed by atoms with Crippen LogP contribution >= 0.6 is 0 Å². The summed E-state index contributed by atoms with van der Waals surface area (Å²) in [7, 11) is 1.63. The summed E-state index contributed by atoms with van der Waals surface area (Å²) >= 11 is 0. The summed E-state index contributed by atoms with van der Waals surface area (Å²) in [6.07, 6.45) is 4.77. The molecule has 1 aromatic rings. The number of carbonyl (C=O) groups is 3. The number of nitrogens with zero attached hydrogens (tertiary/aromatic N) is 2. The molecule has 1 heterocycles. The van der Waals surface area contributed by atoms with E-state index in [9.17, 15) is 14.4 Å². The van der Waals surface area contributed by atoms with E-state index in [1.807, 2.05) is 29.2 Å². The first-order valence-electron chi connectivity index (χ1n) is 10.9. The minimum absolute atomic E-state index is 0.0125. The molecule has 2 fully saturated rings. The van der Waals surface area contributed by atoms with Gasteiger partial charge in [0.15, 0.2) is 0 Å². The van der Waals surface area contributed by atoms with Crippen LogP contribution in [-0.2, 0) is 20.8 Å². The molecule has 7 nitrogen and oxygen atoms in total. The van der Waals surface area contributed by atoms with E-state index in [2.05, 4.69) is 5.32 Å². The molecule has 2 atom stereocenters. The topological polar surface area (TPSA) is 79.0 Å². The summed E-state index contributed by atoms with van der Waals surface area (Å²) in [5.41, 5.74) is 1.08. The van der Waals surface area contributed by atoms with Gasteiger partial charge >= 0.3 is 0 Å². The molecule has 1 N–H and O–H groups in total. The summed E-state index contributed by atoms with van der Waals surface area (Å²) in [5.74, 6) is 0.691. The van der Waals surface area contributed by atoms with Crippen molar-refractivity contribution in [2.24, 2.45) is 5.92 Å². The largest absolute Gasteiger partial charge is 0.497 e. The standard InChI is InChI=1S/C23H33N3O4/c1-17(27)26-16-15-25(14-13-24-23(29)20-5-3-4-6-21(20)26)22(28)12-9-18-7-10-19(30-2)11-8-18/h7-8,10-11,20-21H,3-6,9,12-16H2,1-2H3,(H,24,29). The van der Waals surface area contributed by atoms with Gasteiger partial charge in [0.05, 0.1) is 13.0 Å². The van der Waals surface area contributed by atoms with Gasteiger partial charge in [0, 0.05) is 45.6 Å². The lowest BCUT2D eigenvalue weighted by Crippen LogP contribution is -2.55. The van der Waals surface area contributed by atoms with E-state index < -0.39 is 0 Å². The van der Waals surface area contributed by atoms with E-state index >= 15 is 0 Å². The molecule has 1 saturated heterocycles. The van der Waals surface area contributed by atoms with E-state index in [4.69, 9.17) is 4.74 Å². The van der Waals surface area contributed by atoms with Gasteiger partial charge < -0.3 is 19.9 Å². The normalized spacial score (nSPS) is 22.7. The van der Waals surface area contributed by atoms with E-state index in [0.717, 1.165) is 37.0 Å². The number of fused-ring (bicyclic) bond motifs is 1. The number of aryl methyl sites for hydroxylation is 1. The average molecular weight is 416 g/mol. The molecule has 0 spiro atoms. The van der Waals surface area contributed by atoms with Gasteiger partial charge in [-0.1, -0.05) is 25.0 Å². The van der Waals surface area contributed by atoms with Gasteiger partial charge in [-0.15, -0.1) is 0 Å². The number of methoxy groups -OCH3 is 1. The lowest BCUT2D eigenvalue weighted by atomic mass is 9.82. The maximum Gasteiger partial charge on any atom is 0.225 e. The highest BCUT2D eigenvalue weighted by molar-refractivity contribution is 5.81. The van der Waals surface area contributed by atoms with Crippen molar-refractivity contribution in [1.29, 1.82) is 0 Å². The second-order valence-corrected chi connectivity index (χ2v) is 8.19. The molecule has 3 amide bonds. The molecule has 2 unspecified atom stereocenters. The summed E-state index contributed by atoms with van der Waals surface area (Å²) in [6.45, 7) is 3.47. The SMILES string of the molecule is COc1ccc(CCC(=O)N2CCNC(=O)C3CCCCC3N(C(C)=O)CC2)cc1. The first-order valence-corrected chi connectivity index (χ1v) is 10.9. The Balaban J connectivity index is 1.64. The highest BCUT2D eigenvalue weighted by Gasteiger charge is 2.36. The molecule has 2 aliphatic rings. The van der Waals surface area contributed by atoms with Gasteiger partial charge in [-0.05, 0) is 37.0 Å². The summed E-state index contributed by atoms with van der Waals surface area (Å²) in [5, 5.41) is 3.00. The highest BCUT2D eigenvalue weighted by atomic mass is 16.5. The zero-order valence-electron chi connectivity index (χ0n) is 18.1. The molecule has 3 rings (SSSR count). The fraction of sp³-hybridized carbons (Fsp3) is 0.609. The van der Waals surface area contributed by atoms with Crippen LogP contribution in [0.15, 0.2) is 24.3 Å². The van der Waals surface area contributed by atoms with Crippen molar-refractivity contribution in [3.63, 3.8) is 0 Å². The van der Waals surface area contributed by atoms with Crippen LogP contribution in [0.5, 0.6) is 5.75 Å². The number of ether oxygens (including phenoxy) is 1. The molecule has 1 aliphatic carbocycles. The number of nitrogens with one attached hydrogen (secondary N) is 1. The quantitative estimate of drug-likeness (QED) is 0.816. The van der Waals surface area contributed by atoms with Crippen molar-refractivity contribution in [3.8, 4) is 5.75 Å². The Morgan fingerprint density at radius 3 is 2.53 bits per heavy atom. The van der Waals surface area contributed by atoms with E-state index in [-0.39, 0.29) is 29.7 Å². The van der Waals surface area contributed by atoms with Crippen LogP contribution in [-0.4, -0.2) is 66.9 Å². The van der Waals surface area contributed by atoms with Gasteiger partial charge in [-0.25, -0.2) is 0 Å². The van der Waals surface area contributed by atoms with Gasteiger partial charge in [0.1, 0.15) is 5.75 Å². The predicted octanol–water partition coefficient (Wildman–Crippen LogP) is 1.99. The maximum atomic E-state index is 12.9. The predicted molar refractivity (Wildman–Crippen MR) is 114 cm³/mol. The Morgan fingerprint density at radius 2 is 1.83 bits per heavy atom. The van der Waals surface area contributed by atoms with Crippen molar-refractivity contribution >= 4 is 17.7 Å². The van der Waals surface area contributed by atoms with Crippen molar-refractivity contribution in [1.82, 2.24) is 15.1 Å². The summed E-state index contributed by atoms with van der Waals surface area (Å²) < 4.78 is 5.17. The Hall–Kier alpha value is -2.57. The zero-order chi connectivity index (χ0) is 21.5. The number of hydrogen-bond donors (Lipinski definition) is 1. The first kappa shape index (κ1) is 22.1. The molecule has 1 aromatic carbocycles. The van der Waals surface area contributed by atoms with Crippen molar-refractivity contribution in [2.45, 2.75) is 51.5 Å². The van der Waals surface area contributed by atoms with Crippen LogP contribution in [0.1, 0.15) is 44.6 Å². The third kappa shape index (κ3) is 5.52. The van der Waals surface area contributed by atoms with Crippen LogP contribution in [0.3, 0.4) is 0 Å². The smallest absolute Gasteiger partial charge is 0.225 e. The Labute approximate surface area is 178 Å². The summed E-state index contributed by atoms with van der Waals surface area (Å²) in [4.78, 5) is 41.5. The molecular weight excluding hydrogens is 382 g/mol. The molecule has 30 heavy (non-hydrogen) atoms. The van der Waals surface area contributed by atoms with Crippen LogP contribution in [0.2, 0.25) is 0 Å². The molecule has 1 aliphatic heterocycles. The monoisotopic (exact) mass is 415 g/mol. The van der Waals surface area contributed by atoms with Crippen molar-refractivity contribution in [2.75, 3.05) is 33.3 Å². The first-order chi connectivity index (χ1) is 14.5. The molecule has 0 aromatic heterocycles. The van der Waals surface area contributed by atoms with Gasteiger partial charge in [-0.2, -0.15) is 0 Å². The summed E-state index contributed by atoms with van der Waals surface area (Å²) in [6, 6.07) is 7.66. The van der Waals surface area contributed by atoms with Gasteiger partial charge in [0.2, 0.25) is 17.7 Å². The molecule has 0 radical (unpaired) electrons. The van der Waals surface area contributed by atoms with Crippen LogP contribution in [0.4, 0.5) is 0 Å². The fourth-order valence-corrected chi connectivity index (χ4v) is 4.58. The van der Waals surface area contributed by atoms with Crippen molar-refractivity contribution in [3.05, 3.63) is 29.8 Å². The number of rotatable bonds is 4. The van der Waals surface area contributed by atoms with Crippen LogP contribution in [0, 0.1) is 5.92 Å². The average Bonchev–Trinajstić information content (AvgIpc) is 2.76. The molecular formula is C23H33N3O4. The Kier molecular flexibility index (Phi) is 7.71. The van der Waals surface area contributed by atoms with Crippen LogP contribution in [0.25, 0.3) is 0 Å². The van der Waals surface area contributed by atoms with E-state index in [1.54, 1.807) is 18.9 Å². The lowest BCUT2D eigenvalue weighted by Gasteiger charge is -2.40. The van der Waals surface area contributed by atoms with Gasteiger partial charge in [-0.3, -0.25) is 14.4 Å². The number of carbonyl (C=O) groups excluding carboxylic acids is 3. The molecule has 1 saturated carbocycles. The van der Waals surface area contributed by atoms with Crippen molar-refractivity contribution < 1.29 is 19.1 Å². The maximum absolute atomic E-state index is 12.9. The second kappa shape index (κ2) is 10.5. The molecule has 164 valence electrons. The van der Waals surface area contributed by atoms with Crippen LogP contribution < -0.4 is 10.1 Å². The third-order valence-electron chi connectivity index (χ3n) is 6.30. The fourth-order valence-electron chi connectivity index (χ4n) is 4.58. The Morgan fingerprint density at radius 1 is 1.10 bits per heavy atom. The minimum atomic E-state index is -0.139. The molecule has 7 heteroatoms. The number of amides is 3. The Bertz CT molecular complexity index is 749. The lowest BCUT2D eigenvalue weighted by molar-refractivity contribution is -0.141. The van der Waals surface area contributed by atoms with Gasteiger partial charge in [0.25, 0.3) is 0 Å². The number of benzene rings is 1. The van der Waals surface area contributed by atoms with E-state index in [0.29, 0.717) is 39.0 Å².